The molecule has 1 heterocycles. The van der Waals surface area contributed by atoms with Crippen LogP contribution in [0, 0.1) is 5.92 Å². The third kappa shape index (κ3) is 3.85. The van der Waals surface area contributed by atoms with E-state index in [4.69, 9.17) is 4.74 Å². The molecule has 0 amide bonds. The van der Waals surface area contributed by atoms with Gasteiger partial charge in [0.05, 0.1) is 12.5 Å². The van der Waals surface area contributed by atoms with E-state index < -0.39 is 0 Å². The Bertz CT molecular complexity index is 335. The molecule has 3 heteroatoms. The molecule has 0 aliphatic heterocycles. The molecule has 1 atom stereocenters. The quantitative estimate of drug-likeness (QED) is 0.544. The number of allylic oxidation sites excluding steroid dienone is 1. The van der Waals surface area contributed by atoms with Crippen molar-refractivity contribution in [3.05, 3.63) is 42.7 Å². The summed E-state index contributed by atoms with van der Waals surface area (Å²) in [6.45, 7) is 5.90. The molecular formula is C13H17NO2. The molecule has 3 nitrogen and oxygen atoms in total. The van der Waals surface area contributed by atoms with Crippen molar-refractivity contribution in [2.24, 2.45) is 5.92 Å². The van der Waals surface area contributed by atoms with Crippen LogP contribution in [-0.2, 0) is 16.0 Å². The second kappa shape index (κ2) is 6.77. The van der Waals surface area contributed by atoms with Crippen molar-refractivity contribution in [2.75, 3.05) is 6.61 Å². The molecule has 0 bridgehead atoms. The van der Waals surface area contributed by atoms with E-state index in [0.717, 1.165) is 5.56 Å². The molecule has 0 aliphatic carbocycles. The summed E-state index contributed by atoms with van der Waals surface area (Å²) in [7, 11) is 0. The van der Waals surface area contributed by atoms with E-state index in [1.165, 1.54) is 0 Å². The van der Waals surface area contributed by atoms with Crippen LogP contribution in [0.1, 0.15) is 18.9 Å². The monoisotopic (exact) mass is 219 g/mol. The summed E-state index contributed by atoms with van der Waals surface area (Å²) in [5, 5.41) is 0. The average Bonchev–Trinajstić information content (AvgIpc) is 2.30. The van der Waals surface area contributed by atoms with Gasteiger partial charge in [0.1, 0.15) is 0 Å². The van der Waals surface area contributed by atoms with E-state index in [2.05, 4.69) is 11.6 Å². The van der Waals surface area contributed by atoms with E-state index in [1.54, 1.807) is 18.5 Å². The summed E-state index contributed by atoms with van der Waals surface area (Å²) in [5.41, 5.74) is 1.09. The maximum Gasteiger partial charge on any atom is 0.309 e. The van der Waals surface area contributed by atoms with Gasteiger partial charge in [-0.2, -0.15) is 0 Å². The Labute approximate surface area is 96.2 Å². The highest BCUT2D eigenvalue weighted by Gasteiger charge is 2.18. The highest BCUT2D eigenvalue weighted by molar-refractivity contribution is 5.73. The second-order valence-corrected chi connectivity index (χ2v) is 3.53. The lowest BCUT2D eigenvalue weighted by Crippen LogP contribution is -2.19. The average molecular weight is 219 g/mol. The zero-order chi connectivity index (χ0) is 11.8. The van der Waals surface area contributed by atoms with Gasteiger partial charge < -0.3 is 4.74 Å². The van der Waals surface area contributed by atoms with Crippen molar-refractivity contribution < 1.29 is 9.53 Å². The number of esters is 1. The number of pyridine rings is 1. The number of ether oxygens (including phenoxy) is 1. The predicted octanol–water partition coefficient (Wildman–Crippen LogP) is 2.38. The summed E-state index contributed by atoms with van der Waals surface area (Å²) < 4.78 is 5.03. The van der Waals surface area contributed by atoms with Gasteiger partial charge in [0, 0.05) is 12.4 Å². The molecule has 0 fully saturated rings. The van der Waals surface area contributed by atoms with Gasteiger partial charge >= 0.3 is 5.97 Å². The first-order chi connectivity index (χ1) is 7.77. The van der Waals surface area contributed by atoms with Crippen LogP contribution >= 0.6 is 0 Å². The maximum atomic E-state index is 11.7. The van der Waals surface area contributed by atoms with Crippen molar-refractivity contribution in [3.8, 4) is 0 Å². The van der Waals surface area contributed by atoms with Gasteiger partial charge in [-0.25, -0.2) is 0 Å². The van der Waals surface area contributed by atoms with Gasteiger partial charge in [-0.3, -0.25) is 9.78 Å². The van der Waals surface area contributed by atoms with Crippen LogP contribution in [0.5, 0.6) is 0 Å². The van der Waals surface area contributed by atoms with Crippen molar-refractivity contribution in [3.63, 3.8) is 0 Å². The lowest BCUT2D eigenvalue weighted by Gasteiger charge is -2.13. The summed E-state index contributed by atoms with van der Waals surface area (Å²) in [6.07, 6.45) is 6.52. The van der Waals surface area contributed by atoms with Crippen LogP contribution < -0.4 is 0 Å². The van der Waals surface area contributed by atoms with Crippen molar-refractivity contribution in [2.45, 2.75) is 19.8 Å². The van der Waals surface area contributed by atoms with Crippen LogP contribution in [0.25, 0.3) is 0 Å². The van der Waals surface area contributed by atoms with Gasteiger partial charge in [-0.1, -0.05) is 6.08 Å². The smallest absolute Gasteiger partial charge is 0.309 e. The Hall–Kier alpha value is -1.64. The molecule has 0 N–H and O–H groups in total. The predicted molar refractivity (Wildman–Crippen MR) is 62.9 cm³/mol. The van der Waals surface area contributed by atoms with Crippen molar-refractivity contribution in [1.82, 2.24) is 4.98 Å². The highest BCUT2D eigenvalue weighted by Crippen LogP contribution is 2.14. The Morgan fingerprint density at radius 1 is 1.56 bits per heavy atom. The molecule has 0 saturated carbocycles. The third-order valence-electron chi connectivity index (χ3n) is 2.30. The number of rotatable bonds is 6. The minimum atomic E-state index is -0.154. The first kappa shape index (κ1) is 12.4. The lowest BCUT2D eigenvalue weighted by molar-refractivity contribution is -0.147. The SMILES string of the molecule is C=CC[C@H](Cc1ccncc1)C(=O)OCC. The number of carbonyl (C=O) groups excluding carboxylic acids is 1. The minimum Gasteiger partial charge on any atom is -0.466 e. The standard InChI is InChI=1S/C13H17NO2/c1-3-5-12(13(15)16-4-2)10-11-6-8-14-9-7-11/h3,6-9,12H,1,4-5,10H2,2H3/t12-/m1/s1. The number of aromatic nitrogens is 1. The van der Waals surface area contributed by atoms with Crippen molar-refractivity contribution in [1.29, 1.82) is 0 Å². The normalized spacial score (nSPS) is 11.8. The van der Waals surface area contributed by atoms with E-state index in [9.17, 15) is 4.79 Å². The fourth-order valence-corrected chi connectivity index (χ4v) is 1.53. The molecule has 0 unspecified atom stereocenters. The second-order valence-electron chi connectivity index (χ2n) is 3.53. The molecular weight excluding hydrogens is 202 g/mol. The fraction of sp³-hybridized carbons (Fsp3) is 0.385. The van der Waals surface area contributed by atoms with Gasteiger partial charge in [-0.15, -0.1) is 6.58 Å². The van der Waals surface area contributed by atoms with Crippen molar-refractivity contribution >= 4 is 5.97 Å². The first-order valence-electron chi connectivity index (χ1n) is 5.44. The summed E-state index contributed by atoms with van der Waals surface area (Å²) in [4.78, 5) is 15.6. The summed E-state index contributed by atoms with van der Waals surface area (Å²) >= 11 is 0. The topological polar surface area (TPSA) is 39.2 Å². The number of hydrogen-bond donors (Lipinski definition) is 0. The highest BCUT2D eigenvalue weighted by atomic mass is 16.5. The Morgan fingerprint density at radius 2 is 2.25 bits per heavy atom. The van der Waals surface area contributed by atoms with E-state index in [-0.39, 0.29) is 11.9 Å². The molecule has 0 radical (unpaired) electrons. The molecule has 0 saturated heterocycles. The zero-order valence-corrected chi connectivity index (χ0v) is 9.56. The molecule has 1 aromatic rings. The largest absolute Gasteiger partial charge is 0.466 e. The van der Waals surface area contributed by atoms with Gasteiger partial charge in [-0.05, 0) is 37.5 Å². The van der Waals surface area contributed by atoms with Crippen LogP contribution in [0.3, 0.4) is 0 Å². The van der Waals surface area contributed by atoms with Crippen LogP contribution in [0.15, 0.2) is 37.2 Å². The zero-order valence-electron chi connectivity index (χ0n) is 9.56. The number of carbonyl (C=O) groups is 1. The van der Waals surface area contributed by atoms with Gasteiger partial charge in [0.25, 0.3) is 0 Å². The fourth-order valence-electron chi connectivity index (χ4n) is 1.53. The molecule has 1 rings (SSSR count). The first-order valence-corrected chi connectivity index (χ1v) is 5.44. The third-order valence-corrected chi connectivity index (χ3v) is 2.30. The van der Waals surface area contributed by atoms with Crippen LogP contribution in [0.4, 0.5) is 0 Å². The Balaban J connectivity index is 2.64. The van der Waals surface area contributed by atoms with E-state index in [0.29, 0.717) is 19.4 Å². The molecule has 0 aliphatic rings. The van der Waals surface area contributed by atoms with Gasteiger partial charge in [0.15, 0.2) is 0 Å². The minimum absolute atomic E-state index is 0.139. The Kier molecular flexibility index (Phi) is 5.26. The summed E-state index contributed by atoms with van der Waals surface area (Å²) in [6, 6.07) is 3.82. The van der Waals surface area contributed by atoms with Gasteiger partial charge in [0.2, 0.25) is 0 Å². The van der Waals surface area contributed by atoms with Crippen LogP contribution in [0.2, 0.25) is 0 Å². The van der Waals surface area contributed by atoms with Crippen LogP contribution in [-0.4, -0.2) is 17.6 Å². The molecule has 0 aromatic carbocycles. The molecule has 16 heavy (non-hydrogen) atoms. The van der Waals surface area contributed by atoms with E-state index in [1.807, 2.05) is 19.1 Å². The number of hydrogen-bond acceptors (Lipinski definition) is 3. The number of nitrogens with zero attached hydrogens (tertiary/aromatic N) is 1. The maximum absolute atomic E-state index is 11.7. The molecule has 86 valence electrons. The Morgan fingerprint density at radius 3 is 2.81 bits per heavy atom. The summed E-state index contributed by atoms with van der Waals surface area (Å²) in [5.74, 6) is -0.293. The molecule has 0 spiro atoms. The lowest BCUT2D eigenvalue weighted by atomic mass is 9.97. The van der Waals surface area contributed by atoms with E-state index >= 15 is 0 Å². The molecule has 1 aromatic heterocycles.